The highest BCUT2D eigenvalue weighted by Gasteiger charge is 2.35. The Labute approximate surface area is 285 Å². The van der Waals surface area contributed by atoms with Crippen LogP contribution in [-0.4, -0.2) is 0 Å². The van der Waals surface area contributed by atoms with Gasteiger partial charge in [0.15, 0.2) is 0 Å². The van der Waals surface area contributed by atoms with Crippen LogP contribution in [0, 0.1) is 0 Å². The monoisotopic (exact) mass is 627 g/mol. The van der Waals surface area contributed by atoms with E-state index in [1.54, 1.807) is 0 Å². The Bertz CT molecular complexity index is 2770. The van der Waals surface area contributed by atoms with Crippen molar-refractivity contribution in [2.24, 2.45) is 0 Å². The summed E-state index contributed by atoms with van der Waals surface area (Å²) >= 11 is 0. The molecule has 1 aliphatic rings. The first kappa shape index (κ1) is 27.9. The lowest BCUT2D eigenvalue weighted by Crippen LogP contribution is -2.15. The predicted octanol–water partition coefficient (Wildman–Crippen LogP) is 13.3. The maximum absolute atomic E-state index is 6.39. The number of nitrogens with zero attached hydrogens (tertiary/aromatic N) is 1. The van der Waals surface area contributed by atoms with E-state index in [1.807, 2.05) is 6.07 Å². The summed E-state index contributed by atoms with van der Waals surface area (Å²) in [4.78, 5) is 2.41. The molecule has 0 bridgehead atoms. The van der Waals surface area contributed by atoms with Crippen LogP contribution in [0.3, 0.4) is 0 Å². The molecular formula is C47H33NO. The second kappa shape index (κ2) is 10.4. The Hall–Kier alpha value is -6.12. The molecule has 1 aliphatic carbocycles. The van der Waals surface area contributed by atoms with Gasteiger partial charge >= 0.3 is 0 Å². The minimum Gasteiger partial charge on any atom is -0.456 e. The lowest BCUT2D eigenvalue weighted by atomic mass is 9.82. The van der Waals surface area contributed by atoms with E-state index in [4.69, 9.17) is 4.42 Å². The van der Waals surface area contributed by atoms with Gasteiger partial charge < -0.3 is 9.32 Å². The largest absolute Gasteiger partial charge is 0.456 e. The zero-order valence-corrected chi connectivity index (χ0v) is 27.4. The van der Waals surface area contributed by atoms with Gasteiger partial charge in [-0.1, -0.05) is 123 Å². The minimum absolute atomic E-state index is 0.0538. The molecule has 8 aromatic carbocycles. The average Bonchev–Trinajstić information content (AvgIpc) is 3.64. The summed E-state index contributed by atoms with van der Waals surface area (Å²) in [6.07, 6.45) is 0. The molecular weight excluding hydrogens is 595 g/mol. The Morgan fingerprint density at radius 2 is 1.06 bits per heavy atom. The molecule has 0 saturated heterocycles. The maximum Gasteiger partial charge on any atom is 0.137 e. The Morgan fingerprint density at radius 1 is 0.449 bits per heavy atom. The van der Waals surface area contributed by atoms with Crippen LogP contribution in [0.25, 0.3) is 65.7 Å². The summed E-state index contributed by atoms with van der Waals surface area (Å²) in [5.74, 6) is 0. The standard InChI is InChI=1S/C47H33NO/c1-47(2)41-14-7-5-12-38(41)40-29-37(24-25-42(40)47)48(43-15-9-17-45-46(43)39-13-6-8-16-44(39)49-45)36-23-22-34-27-33(20-21-35(34)28-36)32-19-18-30-10-3-4-11-31(30)26-32/h3-29H,1-2H3. The number of fused-ring (bicyclic) bond motifs is 8. The maximum atomic E-state index is 6.39. The molecule has 0 amide bonds. The number of anilines is 3. The lowest BCUT2D eigenvalue weighted by molar-refractivity contribution is 0.660. The Kier molecular flexibility index (Phi) is 5.95. The van der Waals surface area contributed by atoms with Crippen molar-refractivity contribution in [3.05, 3.63) is 175 Å². The Morgan fingerprint density at radius 3 is 1.94 bits per heavy atom. The van der Waals surface area contributed by atoms with Crippen LogP contribution in [0.4, 0.5) is 17.1 Å². The highest BCUT2D eigenvalue weighted by atomic mass is 16.3. The molecule has 0 aliphatic heterocycles. The summed E-state index contributed by atoms with van der Waals surface area (Å²) < 4.78 is 6.39. The number of hydrogen-bond acceptors (Lipinski definition) is 2. The van der Waals surface area contributed by atoms with Crippen molar-refractivity contribution in [3.8, 4) is 22.3 Å². The van der Waals surface area contributed by atoms with Crippen LogP contribution in [0.1, 0.15) is 25.0 Å². The number of furan rings is 1. The first-order valence-electron chi connectivity index (χ1n) is 17.0. The summed E-state index contributed by atoms with van der Waals surface area (Å²) in [5.41, 5.74) is 12.9. The third-order valence-electron chi connectivity index (χ3n) is 10.6. The van der Waals surface area contributed by atoms with Crippen LogP contribution in [0.5, 0.6) is 0 Å². The van der Waals surface area contributed by atoms with E-state index in [9.17, 15) is 0 Å². The van der Waals surface area contributed by atoms with Crippen molar-refractivity contribution in [2.75, 3.05) is 4.90 Å². The molecule has 10 rings (SSSR count). The SMILES string of the molecule is CC1(C)c2ccccc2-c2cc(N(c3ccc4cc(-c5ccc6ccccc6c5)ccc4c3)c3cccc4oc5ccccc5c34)ccc21. The van der Waals surface area contributed by atoms with E-state index < -0.39 is 0 Å². The molecule has 0 fully saturated rings. The van der Waals surface area contributed by atoms with Gasteiger partial charge in [-0.25, -0.2) is 0 Å². The highest BCUT2D eigenvalue weighted by Crippen LogP contribution is 2.51. The van der Waals surface area contributed by atoms with E-state index in [0.717, 1.165) is 39.0 Å². The zero-order chi connectivity index (χ0) is 32.7. The molecule has 0 atom stereocenters. The molecule has 0 saturated carbocycles. The molecule has 1 aromatic heterocycles. The highest BCUT2D eigenvalue weighted by molar-refractivity contribution is 6.13. The number of hydrogen-bond donors (Lipinski definition) is 0. The van der Waals surface area contributed by atoms with E-state index in [0.29, 0.717) is 0 Å². The molecule has 0 N–H and O–H groups in total. The molecule has 9 aromatic rings. The second-order valence-corrected chi connectivity index (χ2v) is 13.8. The van der Waals surface area contributed by atoms with Gasteiger partial charge in [0.05, 0.1) is 11.1 Å². The van der Waals surface area contributed by atoms with Gasteiger partial charge in [0.2, 0.25) is 0 Å². The summed E-state index contributed by atoms with van der Waals surface area (Å²) in [5, 5.41) is 7.16. The molecule has 2 nitrogen and oxygen atoms in total. The Balaban J connectivity index is 1.17. The van der Waals surface area contributed by atoms with Crippen molar-refractivity contribution in [2.45, 2.75) is 19.3 Å². The van der Waals surface area contributed by atoms with Crippen molar-refractivity contribution >= 4 is 60.5 Å². The normalized spacial score (nSPS) is 13.3. The van der Waals surface area contributed by atoms with E-state index >= 15 is 0 Å². The van der Waals surface area contributed by atoms with E-state index in [-0.39, 0.29) is 5.41 Å². The molecule has 0 spiro atoms. The predicted molar refractivity (Wildman–Crippen MR) is 206 cm³/mol. The van der Waals surface area contributed by atoms with Crippen molar-refractivity contribution < 1.29 is 4.42 Å². The van der Waals surface area contributed by atoms with Crippen molar-refractivity contribution in [1.29, 1.82) is 0 Å². The molecule has 49 heavy (non-hydrogen) atoms. The fourth-order valence-electron chi connectivity index (χ4n) is 8.14. The summed E-state index contributed by atoms with van der Waals surface area (Å²) in [7, 11) is 0. The third-order valence-corrected chi connectivity index (χ3v) is 10.6. The third kappa shape index (κ3) is 4.27. The molecule has 232 valence electrons. The lowest BCUT2D eigenvalue weighted by Gasteiger charge is -2.28. The number of benzene rings is 8. The number of rotatable bonds is 4. The van der Waals surface area contributed by atoms with Crippen LogP contribution < -0.4 is 4.90 Å². The fraction of sp³-hybridized carbons (Fsp3) is 0.0638. The smallest absolute Gasteiger partial charge is 0.137 e. The van der Waals surface area contributed by atoms with Crippen LogP contribution in [0.15, 0.2) is 168 Å². The van der Waals surface area contributed by atoms with Gasteiger partial charge in [-0.15, -0.1) is 0 Å². The van der Waals surface area contributed by atoms with Crippen molar-refractivity contribution in [1.82, 2.24) is 0 Å². The summed E-state index contributed by atoms with van der Waals surface area (Å²) in [6, 6.07) is 59.6. The van der Waals surface area contributed by atoms with Crippen LogP contribution in [-0.2, 0) is 5.41 Å². The topological polar surface area (TPSA) is 16.4 Å². The van der Waals surface area contributed by atoms with Gasteiger partial charge in [-0.2, -0.15) is 0 Å². The van der Waals surface area contributed by atoms with E-state index in [1.165, 1.54) is 54.9 Å². The molecule has 0 unspecified atom stereocenters. The van der Waals surface area contributed by atoms with Gasteiger partial charge in [0.25, 0.3) is 0 Å². The molecule has 0 radical (unpaired) electrons. The van der Waals surface area contributed by atoms with Gasteiger partial charge in [0.1, 0.15) is 11.2 Å². The fourth-order valence-corrected chi connectivity index (χ4v) is 8.14. The summed E-state index contributed by atoms with van der Waals surface area (Å²) in [6.45, 7) is 4.67. The quantitative estimate of drug-likeness (QED) is 0.193. The number of para-hydroxylation sites is 1. The first-order valence-corrected chi connectivity index (χ1v) is 17.0. The van der Waals surface area contributed by atoms with Gasteiger partial charge in [-0.3, -0.25) is 0 Å². The van der Waals surface area contributed by atoms with Gasteiger partial charge in [0, 0.05) is 22.2 Å². The van der Waals surface area contributed by atoms with Crippen LogP contribution in [0.2, 0.25) is 0 Å². The van der Waals surface area contributed by atoms with Gasteiger partial charge in [-0.05, 0) is 110 Å². The second-order valence-electron chi connectivity index (χ2n) is 13.8. The molecule has 2 heteroatoms. The minimum atomic E-state index is -0.0538. The molecule has 1 heterocycles. The van der Waals surface area contributed by atoms with Crippen LogP contribution >= 0.6 is 0 Å². The van der Waals surface area contributed by atoms with Crippen molar-refractivity contribution in [3.63, 3.8) is 0 Å². The zero-order valence-electron chi connectivity index (χ0n) is 27.4. The average molecular weight is 628 g/mol. The first-order chi connectivity index (χ1) is 24.0. The van der Waals surface area contributed by atoms with E-state index in [2.05, 4.69) is 176 Å².